The number of hydrogen-bond donors (Lipinski definition) is 0. The minimum Gasteiger partial charge on any atom is -0.396 e. The molecule has 0 aromatic heterocycles. The second-order valence-corrected chi connectivity index (χ2v) is 8.82. The van der Waals surface area contributed by atoms with Crippen molar-refractivity contribution in [2.45, 2.75) is 24.3 Å². The predicted molar refractivity (Wildman–Crippen MR) is 127 cm³/mol. The van der Waals surface area contributed by atoms with E-state index in [0.717, 1.165) is 38.3 Å². The maximum atomic E-state index is 14.0. The minimum absolute atomic E-state index is 0.270. The molecule has 170 valence electrons. The maximum absolute atomic E-state index is 14.0. The van der Waals surface area contributed by atoms with Gasteiger partial charge in [0, 0.05) is 42.6 Å². The Bertz CT molecular complexity index is 1060. The molecule has 5 nitrogen and oxygen atoms in total. The van der Waals surface area contributed by atoms with Crippen molar-refractivity contribution in [1.82, 2.24) is 0 Å². The van der Waals surface area contributed by atoms with Crippen molar-refractivity contribution >= 4 is 34.2 Å². The summed E-state index contributed by atoms with van der Waals surface area (Å²) in [5.41, 5.74) is 6.02. The van der Waals surface area contributed by atoms with Gasteiger partial charge in [-0.1, -0.05) is 23.4 Å². The van der Waals surface area contributed by atoms with Crippen LogP contribution in [0.4, 0.5) is 4.39 Å². The molecule has 2 aromatic rings. The van der Waals surface area contributed by atoms with Crippen LogP contribution in [0.5, 0.6) is 0 Å². The van der Waals surface area contributed by atoms with E-state index < -0.39 is 10.8 Å². The summed E-state index contributed by atoms with van der Waals surface area (Å²) >= 11 is 0. The highest BCUT2D eigenvalue weighted by atomic mass is 32.2. The van der Waals surface area contributed by atoms with E-state index in [4.69, 9.17) is 14.3 Å². The summed E-state index contributed by atoms with van der Waals surface area (Å²) in [5, 5.41) is 3.96. The average molecular weight is 458 g/mol. The highest BCUT2D eigenvalue weighted by molar-refractivity contribution is 7.84. The molecule has 7 heteroatoms. The molecule has 0 amide bonds. The Morgan fingerprint density at radius 2 is 1.88 bits per heavy atom. The van der Waals surface area contributed by atoms with Gasteiger partial charge < -0.3 is 14.3 Å². The molecule has 0 heterocycles. The first-order chi connectivity index (χ1) is 15.4. The van der Waals surface area contributed by atoms with Gasteiger partial charge in [-0.2, -0.15) is 0 Å². The fraction of sp³-hybridized carbons (Fsp3) is 0.320. The zero-order valence-corrected chi connectivity index (χ0v) is 19.6. The van der Waals surface area contributed by atoms with Gasteiger partial charge in [0.2, 0.25) is 0 Å². The van der Waals surface area contributed by atoms with E-state index >= 15 is 0 Å². The van der Waals surface area contributed by atoms with Crippen molar-refractivity contribution in [2.75, 3.05) is 33.7 Å². The summed E-state index contributed by atoms with van der Waals surface area (Å²) in [6.07, 6.45) is 5.62. The van der Waals surface area contributed by atoms with E-state index in [1.165, 1.54) is 6.07 Å². The second-order valence-electron chi connectivity index (χ2n) is 7.44. The molecular formula is C25H28FNO4S. The number of ether oxygens (including phenoxy) is 2. The molecule has 3 rings (SSSR count). The number of halogens is 1. The molecule has 0 saturated carbocycles. The maximum Gasteiger partial charge on any atom is 0.123 e. The largest absolute Gasteiger partial charge is 0.396 e. The SMILES string of the molecule is COCC(C=NOCCC1=C(C)/C(=C/c2ccc(S(C)=O)cc2)c2ccc(F)cc21)OC. The number of allylic oxidation sites excluding steroid dienone is 2. The van der Waals surface area contributed by atoms with Gasteiger partial charge in [0.15, 0.2) is 0 Å². The molecule has 0 aliphatic heterocycles. The van der Waals surface area contributed by atoms with Gasteiger partial charge in [-0.3, -0.25) is 4.21 Å². The molecule has 1 aliphatic rings. The molecule has 2 aromatic carbocycles. The van der Waals surface area contributed by atoms with Crippen LogP contribution < -0.4 is 0 Å². The lowest BCUT2D eigenvalue weighted by Gasteiger charge is -2.08. The summed E-state index contributed by atoms with van der Waals surface area (Å²) in [6, 6.07) is 12.5. The fourth-order valence-electron chi connectivity index (χ4n) is 3.65. The smallest absolute Gasteiger partial charge is 0.123 e. The number of fused-ring (bicyclic) bond motifs is 1. The third-order valence-corrected chi connectivity index (χ3v) is 6.29. The van der Waals surface area contributed by atoms with Crippen LogP contribution in [0.25, 0.3) is 17.2 Å². The van der Waals surface area contributed by atoms with Gasteiger partial charge in [0.25, 0.3) is 0 Å². The number of rotatable bonds is 10. The Balaban J connectivity index is 1.81. The summed E-state index contributed by atoms with van der Waals surface area (Å²) in [5.74, 6) is -0.272. The van der Waals surface area contributed by atoms with Crippen molar-refractivity contribution in [3.05, 3.63) is 70.5 Å². The van der Waals surface area contributed by atoms with E-state index in [2.05, 4.69) is 11.2 Å². The lowest BCUT2D eigenvalue weighted by atomic mass is 10.0. The van der Waals surface area contributed by atoms with Crippen LogP contribution in [-0.2, 0) is 25.1 Å². The van der Waals surface area contributed by atoms with E-state index in [1.54, 1.807) is 32.8 Å². The predicted octanol–water partition coefficient (Wildman–Crippen LogP) is 4.94. The number of methoxy groups -OCH3 is 2. The van der Waals surface area contributed by atoms with E-state index in [9.17, 15) is 8.60 Å². The Labute approximate surface area is 191 Å². The fourth-order valence-corrected chi connectivity index (χ4v) is 4.16. The van der Waals surface area contributed by atoms with Crippen LogP contribution in [0.3, 0.4) is 0 Å². The first-order valence-electron chi connectivity index (χ1n) is 10.3. The average Bonchev–Trinajstić information content (AvgIpc) is 3.03. The molecule has 32 heavy (non-hydrogen) atoms. The number of hydrogen-bond acceptors (Lipinski definition) is 5. The van der Waals surface area contributed by atoms with Crippen molar-refractivity contribution in [3.8, 4) is 0 Å². The van der Waals surface area contributed by atoms with Crippen LogP contribution >= 0.6 is 0 Å². The van der Waals surface area contributed by atoms with Gasteiger partial charge in [0.1, 0.15) is 18.5 Å². The number of oxime groups is 1. The molecule has 2 unspecified atom stereocenters. The zero-order chi connectivity index (χ0) is 23.1. The quantitative estimate of drug-likeness (QED) is 0.288. The van der Waals surface area contributed by atoms with Crippen molar-refractivity contribution in [1.29, 1.82) is 0 Å². The Hall–Kier alpha value is -2.61. The Kier molecular flexibility index (Phi) is 8.50. The first-order valence-corrected chi connectivity index (χ1v) is 11.8. The van der Waals surface area contributed by atoms with Gasteiger partial charge in [-0.15, -0.1) is 0 Å². The van der Waals surface area contributed by atoms with Gasteiger partial charge in [-0.25, -0.2) is 4.39 Å². The van der Waals surface area contributed by atoms with Crippen LogP contribution in [0.2, 0.25) is 0 Å². The summed E-state index contributed by atoms with van der Waals surface area (Å²) in [7, 11) is 2.16. The lowest BCUT2D eigenvalue weighted by Crippen LogP contribution is -2.18. The normalized spacial score (nSPS) is 16.6. The molecule has 0 saturated heterocycles. The van der Waals surface area contributed by atoms with Gasteiger partial charge in [0.05, 0.1) is 12.8 Å². The highest BCUT2D eigenvalue weighted by Gasteiger charge is 2.24. The van der Waals surface area contributed by atoms with Crippen molar-refractivity contribution in [3.63, 3.8) is 0 Å². The number of nitrogens with zero attached hydrogens (tertiary/aromatic N) is 1. The molecule has 0 bridgehead atoms. The third kappa shape index (κ3) is 5.79. The molecule has 0 N–H and O–H groups in total. The van der Waals surface area contributed by atoms with Crippen molar-refractivity contribution in [2.24, 2.45) is 5.16 Å². The van der Waals surface area contributed by atoms with Crippen LogP contribution in [0, 0.1) is 5.82 Å². The Morgan fingerprint density at radius 3 is 2.53 bits per heavy atom. The monoisotopic (exact) mass is 457 g/mol. The van der Waals surface area contributed by atoms with Gasteiger partial charge in [-0.05, 0) is 70.7 Å². The van der Waals surface area contributed by atoms with Crippen LogP contribution in [0.15, 0.2) is 58.1 Å². The van der Waals surface area contributed by atoms with Gasteiger partial charge >= 0.3 is 0 Å². The van der Waals surface area contributed by atoms with Crippen LogP contribution in [-0.4, -0.2) is 50.2 Å². The summed E-state index contributed by atoms with van der Waals surface area (Å²) in [4.78, 5) is 6.20. The minimum atomic E-state index is -1.02. The molecule has 2 atom stereocenters. The van der Waals surface area contributed by atoms with E-state index in [-0.39, 0.29) is 11.9 Å². The molecule has 0 spiro atoms. The van der Waals surface area contributed by atoms with Crippen molar-refractivity contribution < 1.29 is 22.9 Å². The number of benzene rings is 2. The zero-order valence-electron chi connectivity index (χ0n) is 18.8. The molecule has 0 fully saturated rings. The lowest BCUT2D eigenvalue weighted by molar-refractivity contribution is 0.0666. The summed E-state index contributed by atoms with van der Waals surface area (Å²) in [6.45, 7) is 2.79. The second kappa shape index (κ2) is 11.3. The topological polar surface area (TPSA) is 57.1 Å². The third-order valence-electron chi connectivity index (χ3n) is 5.36. The van der Waals surface area contributed by atoms with Crippen LogP contribution in [0.1, 0.15) is 30.0 Å². The standard InChI is InChI=1S/C25H28FNO4S/c1-17-22(11-12-31-27-15-20(30-3)16-29-2)25-14-19(26)7-10-23(25)24(17)13-18-5-8-21(9-6-18)32(4)28/h5-10,13-15,20H,11-12,16H2,1-4H3/b24-13-,27-15?. The molecule has 0 radical (unpaired) electrons. The van der Waals surface area contributed by atoms with E-state index in [1.807, 2.05) is 37.3 Å². The Morgan fingerprint density at radius 1 is 1.12 bits per heavy atom. The van der Waals surface area contributed by atoms with E-state index in [0.29, 0.717) is 19.6 Å². The molecular weight excluding hydrogens is 429 g/mol. The highest BCUT2D eigenvalue weighted by Crippen LogP contribution is 2.43. The summed E-state index contributed by atoms with van der Waals surface area (Å²) < 4.78 is 35.9. The molecule has 1 aliphatic carbocycles. The first kappa shape index (κ1) is 24.0.